The molecule has 0 spiro atoms. The Bertz CT molecular complexity index is 1540. The Morgan fingerprint density at radius 2 is 2.12 bits per heavy atom. The molecule has 0 bridgehead atoms. The van der Waals surface area contributed by atoms with Gasteiger partial charge in [-0.15, -0.1) is 0 Å². The maximum atomic E-state index is 13.7. The van der Waals surface area contributed by atoms with E-state index in [1.165, 1.54) is 5.57 Å². The number of aromatic amines is 1. The molecule has 0 aliphatic carbocycles. The van der Waals surface area contributed by atoms with Crippen LogP contribution >= 0.6 is 0 Å². The molecule has 0 unspecified atom stereocenters. The van der Waals surface area contributed by atoms with Crippen LogP contribution in [0, 0.1) is 0 Å². The summed E-state index contributed by atoms with van der Waals surface area (Å²) in [4.78, 5) is 28.0. The lowest BCUT2D eigenvalue weighted by Gasteiger charge is -2.27. The van der Waals surface area contributed by atoms with Crippen molar-refractivity contribution in [2.24, 2.45) is 0 Å². The molecule has 5 aromatic rings. The second kappa shape index (κ2) is 7.98. The maximum Gasteiger partial charge on any atom is 0.255 e. The number of hydrogen-bond acceptors (Lipinski definition) is 5. The summed E-state index contributed by atoms with van der Waals surface area (Å²) < 4.78 is 7.43. The predicted octanol–water partition coefficient (Wildman–Crippen LogP) is 5.08. The van der Waals surface area contributed by atoms with Crippen molar-refractivity contribution in [3.8, 4) is 11.5 Å². The quantitative estimate of drug-likeness (QED) is 0.411. The molecule has 1 aliphatic rings. The number of furan rings is 1. The molecule has 8 nitrogen and oxygen atoms in total. The van der Waals surface area contributed by atoms with E-state index in [-0.39, 0.29) is 11.9 Å². The van der Waals surface area contributed by atoms with Gasteiger partial charge in [0.1, 0.15) is 11.3 Å². The number of carbonyl (C=O) groups is 1. The molecular formula is C26H24N6O2. The number of amides is 1. The zero-order valence-corrected chi connectivity index (χ0v) is 19.0. The number of nitrogens with one attached hydrogen (secondary N) is 1. The fourth-order valence-electron chi connectivity index (χ4n) is 4.61. The lowest BCUT2D eigenvalue weighted by Crippen LogP contribution is -2.34. The Balaban J connectivity index is 1.36. The van der Waals surface area contributed by atoms with Crippen LogP contribution in [0.1, 0.15) is 42.2 Å². The second-order valence-corrected chi connectivity index (χ2v) is 8.78. The van der Waals surface area contributed by atoms with Gasteiger partial charge in [0.25, 0.3) is 5.91 Å². The molecule has 0 atom stereocenters. The van der Waals surface area contributed by atoms with E-state index < -0.39 is 0 Å². The molecule has 5 aromatic heterocycles. The minimum Gasteiger partial charge on any atom is -0.463 e. The van der Waals surface area contributed by atoms with Gasteiger partial charge in [-0.25, -0.2) is 14.6 Å². The second-order valence-electron chi connectivity index (χ2n) is 8.78. The van der Waals surface area contributed by atoms with Gasteiger partial charge >= 0.3 is 0 Å². The van der Waals surface area contributed by atoms with Crippen LogP contribution in [-0.2, 0) is 0 Å². The SMILES string of the molecule is CC(C)n1ncc2c(C(=O)N3CC=C(c4c[nH]c5ncccc45)CC3)cc(-c3ccco3)nc21. The van der Waals surface area contributed by atoms with E-state index >= 15 is 0 Å². The molecule has 0 aromatic carbocycles. The molecule has 6 heterocycles. The minimum absolute atomic E-state index is 0.0283. The number of nitrogens with zero attached hydrogens (tertiary/aromatic N) is 5. The third-order valence-electron chi connectivity index (χ3n) is 6.35. The average molecular weight is 453 g/mol. The number of rotatable bonds is 4. The molecule has 8 heteroatoms. The summed E-state index contributed by atoms with van der Waals surface area (Å²) in [6.45, 7) is 5.27. The third kappa shape index (κ3) is 3.30. The monoisotopic (exact) mass is 452 g/mol. The summed E-state index contributed by atoms with van der Waals surface area (Å²) in [5.74, 6) is 0.598. The molecule has 6 rings (SSSR count). The zero-order valence-electron chi connectivity index (χ0n) is 19.0. The zero-order chi connectivity index (χ0) is 23.2. The van der Waals surface area contributed by atoms with Crippen molar-refractivity contribution in [3.63, 3.8) is 0 Å². The number of aromatic nitrogens is 5. The molecule has 1 N–H and O–H groups in total. The van der Waals surface area contributed by atoms with E-state index in [1.807, 2.05) is 53.9 Å². The van der Waals surface area contributed by atoms with Crippen LogP contribution in [-0.4, -0.2) is 48.6 Å². The fraction of sp³-hybridized carbons (Fsp3) is 0.231. The van der Waals surface area contributed by atoms with E-state index in [9.17, 15) is 4.79 Å². The molecule has 0 saturated carbocycles. The lowest BCUT2D eigenvalue weighted by molar-refractivity contribution is 0.0775. The van der Waals surface area contributed by atoms with Crippen molar-refractivity contribution in [2.45, 2.75) is 26.3 Å². The fourth-order valence-corrected chi connectivity index (χ4v) is 4.61. The van der Waals surface area contributed by atoms with Gasteiger partial charge in [-0.05, 0) is 56.2 Å². The highest BCUT2D eigenvalue weighted by Crippen LogP contribution is 2.31. The van der Waals surface area contributed by atoms with Crippen LogP contribution in [0.3, 0.4) is 0 Å². The summed E-state index contributed by atoms with van der Waals surface area (Å²) in [7, 11) is 0. The van der Waals surface area contributed by atoms with Crippen molar-refractivity contribution in [2.75, 3.05) is 13.1 Å². The molecule has 170 valence electrons. The first-order chi connectivity index (χ1) is 16.6. The molecular weight excluding hydrogens is 428 g/mol. The van der Waals surface area contributed by atoms with Crippen LogP contribution in [0.5, 0.6) is 0 Å². The largest absolute Gasteiger partial charge is 0.463 e. The van der Waals surface area contributed by atoms with Crippen molar-refractivity contribution in [1.29, 1.82) is 0 Å². The van der Waals surface area contributed by atoms with E-state index in [0.29, 0.717) is 35.8 Å². The third-order valence-corrected chi connectivity index (χ3v) is 6.35. The van der Waals surface area contributed by atoms with E-state index in [2.05, 4.69) is 27.2 Å². The summed E-state index contributed by atoms with van der Waals surface area (Å²) in [5.41, 5.74) is 5.17. The summed E-state index contributed by atoms with van der Waals surface area (Å²) in [6, 6.07) is 9.63. The smallest absolute Gasteiger partial charge is 0.255 e. The van der Waals surface area contributed by atoms with Gasteiger partial charge in [-0.3, -0.25) is 4.79 Å². The maximum absolute atomic E-state index is 13.7. The van der Waals surface area contributed by atoms with Crippen LogP contribution in [0.4, 0.5) is 0 Å². The van der Waals surface area contributed by atoms with Gasteiger partial charge in [-0.1, -0.05) is 6.08 Å². The predicted molar refractivity (Wildman–Crippen MR) is 130 cm³/mol. The Morgan fingerprint density at radius 1 is 1.21 bits per heavy atom. The standard InChI is InChI=1S/C26H24N6O2/c1-16(2)32-25-21(15-29-32)19(13-22(30-25)23-6-4-12-34-23)26(33)31-10-7-17(8-11-31)20-14-28-24-18(20)5-3-9-27-24/h3-7,9,12-16H,8,10-11H2,1-2H3,(H,27,28). The van der Waals surface area contributed by atoms with E-state index in [0.717, 1.165) is 28.4 Å². The van der Waals surface area contributed by atoms with Gasteiger partial charge in [0.2, 0.25) is 0 Å². The summed E-state index contributed by atoms with van der Waals surface area (Å²) in [5, 5.41) is 6.37. The first-order valence-corrected chi connectivity index (χ1v) is 11.4. The van der Waals surface area contributed by atoms with Crippen molar-refractivity contribution in [1.82, 2.24) is 29.6 Å². The Hall–Kier alpha value is -4.20. The van der Waals surface area contributed by atoms with Gasteiger partial charge in [0, 0.05) is 42.5 Å². The van der Waals surface area contributed by atoms with Crippen molar-refractivity contribution in [3.05, 3.63) is 72.4 Å². The molecule has 0 radical (unpaired) electrons. The number of carbonyl (C=O) groups excluding carboxylic acids is 1. The van der Waals surface area contributed by atoms with Gasteiger partial charge in [-0.2, -0.15) is 5.10 Å². The van der Waals surface area contributed by atoms with Gasteiger partial charge in [0.05, 0.1) is 23.4 Å². The van der Waals surface area contributed by atoms with Crippen LogP contribution < -0.4 is 0 Å². The molecule has 34 heavy (non-hydrogen) atoms. The topological polar surface area (TPSA) is 92.8 Å². The highest BCUT2D eigenvalue weighted by Gasteiger charge is 2.25. The van der Waals surface area contributed by atoms with E-state index in [1.54, 1.807) is 18.7 Å². The minimum atomic E-state index is -0.0283. The summed E-state index contributed by atoms with van der Waals surface area (Å²) in [6.07, 6.45) is 10.1. The highest BCUT2D eigenvalue weighted by molar-refractivity contribution is 6.06. The van der Waals surface area contributed by atoms with E-state index in [4.69, 9.17) is 9.40 Å². The first kappa shape index (κ1) is 20.4. The summed E-state index contributed by atoms with van der Waals surface area (Å²) >= 11 is 0. The number of hydrogen-bond donors (Lipinski definition) is 1. The van der Waals surface area contributed by atoms with Crippen molar-refractivity contribution >= 4 is 33.5 Å². The highest BCUT2D eigenvalue weighted by atomic mass is 16.3. The molecule has 1 amide bonds. The van der Waals surface area contributed by atoms with Crippen LogP contribution in [0.2, 0.25) is 0 Å². The Labute approximate surface area is 195 Å². The molecule has 1 aliphatic heterocycles. The number of fused-ring (bicyclic) bond motifs is 2. The van der Waals surface area contributed by atoms with Gasteiger partial charge < -0.3 is 14.3 Å². The lowest BCUT2D eigenvalue weighted by atomic mass is 9.99. The number of H-pyrrole nitrogens is 1. The van der Waals surface area contributed by atoms with Crippen LogP contribution in [0.25, 0.3) is 39.1 Å². The average Bonchev–Trinajstić information content (AvgIpc) is 3.62. The van der Waals surface area contributed by atoms with Gasteiger partial charge in [0.15, 0.2) is 11.4 Å². The first-order valence-electron chi connectivity index (χ1n) is 11.4. The normalized spacial score (nSPS) is 14.3. The van der Waals surface area contributed by atoms with Crippen molar-refractivity contribution < 1.29 is 9.21 Å². The number of pyridine rings is 2. The molecule has 0 saturated heterocycles. The van der Waals surface area contributed by atoms with Crippen LogP contribution in [0.15, 0.2) is 65.7 Å². The Kier molecular flexibility index (Phi) is 4.79. The molecule has 0 fully saturated rings. The Morgan fingerprint density at radius 3 is 2.88 bits per heavy atom.